The molecule has 4 rings (SSSR count). The van der Waals surface area contributed by atoms with Gasteiger partial charge in [-0.15, -0.1) is 0 Å². The summed E-state index contributed by atoms with van der Waals surface area (Å²) in [4.78, 5) is 19.5. The highest BCUT2D eigenvalue weighted by Gasteiger charge is 2.28. The Balaban J connectivity index is 1.55. The molecule has 34 heavy (non-hydrogen) atoms. The number of aromatic nitrogens is 1. The lowest BCUT2D eigenvalue weighted by molar-refractivity contribution is 0.0998. The number of pyridine rings is 1. The Bertz CT molecular complexity index is 1230. The third kappa shape index (κ3) is 5.69. The van der Waals surface area contributed by atoms with Gasteiger partial charge in [0.25, 0.3) is 0 Å². The van der Waals surface area contributed by atoms with E-state index < -0.39 is 10.0 Å². The molecule has 0 aliphatic carbocycles. The summed E-state index contributed by atoms with van der Waals surface area (Å²) in [5, 5.41) is 0. The first kappa shape index (κ1) is 24.0. The van der Waals surface area contributed by atoms with E-state index in [1.165, 1.54) is 22.5 Å². The molecule has 8 heteroatoms. The number of ketones is 1. The Hall–Kier alpha value is -3.10. The summed E-state index contributed by atoms with van der Waals surface area (Å²) in [6, 6.07) is 17.8. The van der Waals surface area contributed by atoms with Gasteiger partial charge in [0, 0.05) is 31.4 Å². The second-order valence-corrected chi connectivity index (χ2v) is 10.6. The largest absolute Gasteiger partial charge is 0.345 e. The molecule has 3 aromatic rings. The van der Waals surface area contributed by atoms with Crippen molar-refractivity contribution in [1.82, 2.24) is 9.29 Å². The average Bonchev–Trinajstić information content (AvgIpc) is 2.86. The minimum atomic E-state index is -3.66. The molecule has 1 aromatic heterocycles. The highest BCUT2D eigenvalue weighted by molar-refractivity contribution is 7.89. The fourth-order valence-electron chi connectivity index (χ4n) is 4.04. The molecule has 0 atom stereocenters. The van der Waals surface area contributed by atoms with E-state index in [4.69, 9.17) is 0 Å². The normalized spacial score (nSPS) is 15.2. The molecule has 0 amide bonds. The molecular formula is C26H28FN3O3S. The lowest BCUT2D eigenvalue weighted by atomic mass is 10.0. The first-order valence-corrected chi connectivity index (χ1v) is 12.8. The Labute approximate surface area is 200 Å². The number of halogens is 1. The van der Waals surface area contributed by atoms with Gasteiger partial charge in [-0.05, 0) is 60.7 Å². The SMILES string of the molecule is CC1CCN(S(=O)(=O)c2cccc(C(=O)CN(Cc3ccc(F)cc3)c3ccccn3)c2)CC1. The van der Waals surface area contributed by atoms with E-state index in [9.17, 15) is 17.6 Å². The number of nitrogens with zero attached hydrogens (tertiary/aromatic N) is 3. The fraction of sp³-hybridized carbons (Fsp3) is 0.308. The zero-order valence-electron chi connectivity index (χ0n) is 19.1. The standard InChI is InChI=1S/C26H28FN3O3S/c1-20-12-15-30(16-13-20)34(32,33)24-6-4-5-22(17-24)25(31)19-29(26-7-2-3-14-28-26)18-21-8-10-23(27)11-9-21/h2-11,14,17,20H,12-13,15-16,18-19H2,1H3. The molecule has 1 aliphatic heterocycles. The molecule has 6 nitrogen and oxygen atoms in total. The molecular weight excluding hydrogens is 453 g/mol. The van der Waals surface area contributed by atoms with Gasteiger partial charge in [-0.3, -0.25) is 4.79 Å². The molecule has 1 saturated heterocycles. The van der Waals surface area contributed by atoms with Gasteiger partial charge in [0.1, 0.15) is 11.6 Å². The summed E-state index contributed by atoms with van der Waals surface area (Å²) < 4.78 is 41.1. The van der Waals surface area contributed by atoms with Crippen LogP contribution in [0.1, 0.15) is 35.7 Å². The minimum absolute atomic E-state index is 0.000873. The third-order valence-electron chi connectivity index (χ3n) is 6.13. The second kappa shape index (κ2) is 10.4. The van der Waals surface area contributed by atoms with Crippen molar-refractivity contribution in [2.75, 3.05) is 24.5 Å². The molecule has 2 heterocycles. The Morgan fingerprint density at radius 1 is 1.06 bits per heavy atom. The number of piperidine rings is 1. The predicted octanol–water partition coefficient (Wildman–Crippen LogP) is 4.53. The summed E-state index contributed by atoms with van der Waals surface area (Å²) in [5.74, 6) is 0.562. The molecule has 1 aliphatic rings. The van der Waals surface area contributed by atoms with Crippen LogP contribution in [0.4, 0.5) is 10.2 Å². The quantitative estimate of drug-likeness (QED) is 0.442. The van der Waals surface area contributed by atoms with E-state index in [1.807, 2.05) is 6.07 Å². The van der Waals surface area contributed by atoms with Crippen molar-refractivity contribution in [2.45, 2.75) is 31.2 Å². The van der Waals surface area contributed by atoms with Gasteiger partial charge in [-0.25, -0.2) is 17.8 Å². The molecule has 0 radical (unpaired) electrons. The number of anilines is 1. The van der Waals surface area contributed by atoms with Crippen molar-refractivity contribution >= 4 is 21.6 Å². The zero-order valence-corrected chi connectivity index (χ0v) is 19.9. The first-order chi connectivity index (χ1) is 16.3. The lowest BCUT2D eigenvalue weighted by Gasteiger charge is -2.29. The van der Waals surface area contributed by atoms with Crippen LogP contribution in [0.3, 0.4) is 0 Å². The fourth-order valence-corrected chi connectivity index (χ4v) is 5.55. The molecule has 2 aromatic carbocycles. The molecule has 178 valence electrons. The molecule has 0 saturated carbocycles. The Morgan fingerprint density at radius 2 is 1.79 bits per heavy atom. The maximum atomic E-state index is 13.3. The van der Waals surface area contributed by atoms with Gasteiger partial charge in [0.15, 0.2) is 5.78 Å². The van der Waals surface area contributed by atoms with Crippen LogP contribution >= 0.6 is 0 Å². The number of carbonyl (C=O) groups is 1. The summed E-state index contributed by atoms with van der Waals surface area (Å²) in [6.07, 6.45) is 3.31. The van der Waals surface area contributed by atoms with Gasteiger partial charge in [-0.1, -0.05) is 37.3 Å². The molecule has 0 N–H and O–H groups in total. The highest BCUT2D eigenvalue weighted by atomic mass is 32.2. The van der Waals surface area contributed by atoms with Crippen molar-refractivity contribution in [3.63, 3.8) is 0 Å². The Morgan fingerprint density at radius 3 is 2.47 bits per heavy atom. The predicted molar refractivity (Wildman–Crippen MR) is 130 cm³/mol. The highest BCUT2D eigenvalue weighted by Crippen LogP contribution is 2.24. The number of carbonyl (C=O) groups excluding carboxylic acids is 1. The maximum absolute atomic E-state index is 13.3. The van der Waals surface area contributed by atoms with Gasteiger partial charge in [0.2, 0.25) is 10.0 Å². The molecule has 0 spiro atoms. The van der Waals surface area contributed by atoms with Crippen LogP contribution in [0, 0.1) is 11.7 Å². The summed E-state index contributed by atoms with van der Waals surface area (Å²) in [5.41, 5.74) is 1.15. The van der Waals surface area contributed by atoms with Crippen LogP contribution in [-0.2, 0) is 16.6 Å². The van der Waals surface area contributed by atoms with E-state index in [0.717, 1.165) is 18.4 Å². The summed E-state index contributed by atoms with van der Waals surface area (Å²) in [6.45, 7) is 3.47. The number of rotatable bonds is 8. The van der Waals surface area contributed by atoms with Crippen molar-refractivity contribution in [3.8, 4) is 0 Å². The summed E-state index contributed by atoms with van der Waals surface area (Å²) in [7, 11) is -3.66. The Kier molecular flexibility index (Phi) is 7.38. The zero-order chi connectivity index (χ0) is 24.1. The number of Topliss-reactive ketones (excluding diaryl/α,β-unsaturated/α-hetero) is 1. The van der Waals surface area contributed by atoms with Crippen LogP contribution in [0.15, 0.2) is 77.8 Å². The number of hydrogen-bond donors (Lipinski definition) is 0. The van der Waals surface area contributed by atoms with E-state index in [-0.39, 0.29) is 23.0 Å². The molecule has 0 bridgehead atoms. The minimum Gasteiger partial charge on any atom is -0.345 e. The number of hydrogen-bond acceptors (Lipinski definition) is 5. The number of benzene rings is 2. The molecule has 1 fully saturated rings. The van der Waals surface area contributed by atoms with E-state index >= 15 is 0 Å². The van der Waals surface area contributed by atoms with Gasteiger partial charge >= 0.3 is 0 Å². The number of sulfonamides is 1. The van der Waals surface area contributed by atoms with Crippen LogP contribution in [0.25, 0.3) is 0 Å². The van der Waals surface area contributed by atoms with Crippen molar-refractivity contribution in [2.24, 2.45) is 5.92 Å². The smallest absolute Gasteiger partial charge is 0.243 e. The van der Waals surface area contributed by atoms with E-state index in [0.29, 0.717) is 36.9 Å². The van der Waals surface area contributed by atoms with Crippen LogP contribution in [0.2, 0.25) is 0 Å². The first-order valence-electron chi connectivity index (χ1n) is 11.4. The van der Waals surface area contributed by atoms with Crippen LogP contribution < -0.4 is 4.90 Å². The average molecular weight is 482 g/mol. The molecule has 0 unspecified atom stereocenters. The van der Waals surface area contributed by atoms with Gasteiger partial charge in [-0.2, -0.15) is 4.31 Å². The van der Waals surface area contributed by atoms with Gasteiger partial charge < -0.3 is 4.90 Å². The summed E-state index contributed by atoms with van der Waals surface area (Å²) >= 11 is 0. The van der Waals surface area contributed by atoms with Gasteiger partial charge in [0.05, 0.1) is 11.4 Å². The van der Waals surface area contributed by atoms with Crippen LogP contribution in [-0.4, -0.2) is 43.1 Å². The lowest BCUT2D eigenvalue weighted by Crippen LogP contribution is -2.38. The van der Waals surface area contributed by atoms with E-state index in [1.54, 1.807) is 53.6 Å². The van der Waals surface area contributed by atoms with Crippen molar-refractivity contribution in [1.29, 1.82) is 0 Å². The van der Waals surface area contributed by atoms with E-state index in [2.05, 4.69) is 11.9 Å². The van der Waals surface area contributed by atoms with Crippen molar-refractivity contribution in [3.05, 3.63) is 89.9 Å². The maximum Gasteiger partial charge on any atom is 0.243 e. The third-order valence-corrected chi connectivity index (χ3v) is 8.03. The van der Waals surface area contributed by atoms with Crippen molar-refractivity contribution < 1.29 is 17.6 Å². The second-order valence-electron chi connectivity index (χ2n) is 8.71. The topological polar surface area (TPSA) is 70.6 Å². The monoisotopic (exact) mass is 481 g/mol. The van der Waals surface area contributed by atoms with Crippen LogP contribution in [0.5, 0.6) is 0 Å².